The van der Waals surface area contributed by atoms with E-state index < -0.39 is 0 Å². The number of likely N-dealkylation sites (tertiary alicyclic amines) is 1. The Bertz CT molecular complexity index is 299. The van der Waals surface area contributed by atoms with E-state index in [9.17, 15) is 4.79 Å². The fraction of sp³-hybridized carbons (Fsp3) is 0.938. The summed E-state index contributed by atoms with van der Waals surface area (Å²) in [4.78, 5) is 14.3. The largest absolute Gasteiger partial charge is 0.465 e. The molecule has 1 aliphatic rings. The molecule has 4 heteroatoms. The second-order valence-electron chi connectivity index (χ2n) is 6.89. The number of likely N-dealkylation sites (N-methyl/N-ethyl adjacent to an activating group) is 1. The van der Waals surface area contributed by atoms with Gasteiger partial charge in [-0.1, -0.05) is 20.8 Å². The molecule has 0 aromatic rings. The number of ether oxygens (including phenoxy) is 1. The fourth-order valence-electron chi connectivity index (χ4n) is 2.99. The maximum absolute atomic E-state index is 11.8. The van der Waals surface area contributed by atoms with Crippen molar-refractivity contribution < 1.29 is 9.53 Å². The Balaban J connectivity index is 2.50. The molecular weight excluding hydrogens is 252 g/mol. The quantitative estimate of drug-likeness (QED) is 0.787. The molecule has 2 atom stereocenters. The van der Waals surface area contributed by atoms with E-state index in [-0.39, 0.29) is 12.0 Å². The first kappa shape index (κ1) is 17.4. The molecule has 0 bridgehead atoms. The van der Waals surface area contributed by atoms with Gasteiger partial charge in [0.2, 0.25) is 0 Å². The Labute approximate surface area is 124 Å². The molecule has 1 rings (SSSR count). The minimum atomic E-state index is -0.207. The summed E-state index contributed by atoms with van der Waals surface area (Å²) in [6.07, 6.45) is 3.74. The number of nitrogens with one attached hydrogen (secondary N) is 1. The van der Waals surface area contributed by atoms with E-state index in [4.69, 9.17) is 4.74 Å². The lowest BCUT2D eigenvalue weighted by Crippen LogP contribution is -2.45. The lowest BCUT2D eigenvalue weighted by molar-refractivity contribution is -0.146. The zero-order chi connectivity index (χ0) is 15.2. The van der Waals surface area contributed by atoms with Crippen LogP contribution in [0.15, 0.2) is 0 Å². The van der Waals surface area contributed by atoms with Gasteiger partial charge in [-0.3, -0.25) is 4.79 Å². The smallest absolute Gasteiger partial charge is 0.324 e. The minimum Gasteiger partial charge on any atom is -0.465 e. The Morgan fingerprint density at radius 1 is 1.35 bits per heavy atom. The Morgan fingerprint density at radius 2 is 2.05 bits per heavy atom. The summed E-state index contributed by atoms with van der Waals surface area (Å²) < 4.78 is 5.11. The van der Waals surface area contributed by atoms with E-state index in [0.29, 0.717) is 12.0 Å². The van der Waals surface area contributed by atoms with Crippen molar-refractivity contribution in [3.8, 4) is 0 Å². The Kier molecular flexibility index (Phi) is 6.96. The molecule has 4 nitrogen and oxygen atoms in total. The molecule has 0 aliphatic carbocycles. The molecule has 0 radical (unpaired) electrons. The first-order valence-corrected chi connectivity index (χ1v) is 7.94. The van der Waals surface area contributed by atoms with E-state index >= 15 is 0 Å². The highest BCUT2D eigenvalue weighted by molar-refractivity contribution is 5.76. The summed E-state index contributed by atoms with van der Waals surface area (Å²) >= 11 is 0. The first-order chi connectivity index (χ1) is 9.38. The summed E-state index contributed by atoms with van der Waals surface area (Å²) in [5.41, 5.74) is 0.388. The van der Waals surface area contributed by atoms with Crippen molar-refractivity contribution in [1.29, 1.82) is 0 Å². The lowest BCUT2D eigenvalue weighted by Gasteiger charge is -2.30. The Hall–Kier alpha value is -0.610. The molecule has 0 saturated carbocycles. The highest BCUT2D eigenvalue weighted by Crippen LogP contribution is 2.34. The highest BCUT2D eigenvalue weighted by atomic mass is 16.5. The first-order valence-electron chi connectivity index (χ1n) is 7.94. The summed E-state index contributed by atoms with van der Waals surface area (Å²) in [5, 5.41) is 3.08. The Morgan fingerprint density at radius 3 is 2.60 bits per heavy atom. The summed E-state index contributed by atoms with van der Waals surface area (Å²) in [6.45, 7) is 12.2. The molecular formula is C16H32N2O2. The molecule has 1 N–H and O–H groups in total. The van der Waals surface area contributed by atoms with Gasteiger partial charge < -0.3 is 15.0 Å². The van der Waals surface area contributed by atoms with Crippen LogP contribution in [-0.4, -0.2) is 50.2 Å². The fourth-order valence-corrected chi connectivity index (χ4v) is 2.99. The van der Waals surface area contributed by atoms with Crippen LogP contribution in [0.2, 0.25) is 0 Å². The molecule has 1 fully saturated rings. The molecule has 1 saturated heterocycles. The topological polar surface area (TPSA) is 41.6 Å². The summed E-state index contributed by atoms with van der Waals surface area (Å²) in [6, 6.07) is -0.207. The number of carbonyl (C=O) groups excluding carboxylic acids is 1. The molecule has 0 amide bonds. The van der Waals surface area contributed by atoms with Crippen molar-refractivity contribution in [2.24, 2.45) is 11.3 Å². The van der Waals surface area contributed by atoms with Crippen LogP contribution in [0, 0.1) is 11.3 Å². The number of nitrogens with zero attached hydrogens (tertiary/aromatic N) is 1. The summed E-state index contributed by atoms with van der Waals surface area (Å²) in [7, 11) is 1.83. The molecule has 1 heterocycles. The average Bonchev–Trinajstić information content (AvgIpc) is 2.61. The predicted molar refractivity (Wildman–Crippen MR) is 82.7 cm³/mol. The van der Waals surface area contributed by atoms with Crippen LogP contribution in [0.5, 0.6) is 0 Å². The van der Waals surface area contributed by atoms with Crippen LogP contribution in [0.3, 0.4) is 0 Å². The minimum absolute atomic E-state index is 0.133. The molecule has 0 spiro atoms. The van der Waals surface area contributed by atoms with Crippen molar-refractivity contribution >= 4 is 5.97 Å². The predicted octanol–water partition coefficient (Wildman–Crippen LogP) is 2.29. The molecule has 2 unspecified atom stereocenters. The maximum Gasteiger partial charge on any atom is 0.324 e. The highest BCUT2D eigenvalue weighted by Gasteiger charge is 2.28. The van der Waals surface area contributed by atoms with Gasteiger partial charge in [-0.15, -0.1) is 0 Å². The SMILES string of the molecule is CCOC(=O)C(CN1CCCC(C(C)(C)C)CC1)NC. The van der Waals surface area contributed by atoms with E-state index in [1.54, 1.807) is 0 Å². The third-order valence-corrected chi connectivity index (χ3v) is 4.41. The third-order valence-electron chi connectivity index (χ3n) is 4.41. The van der Waals surface area contributed by atoms with Crippen molar-refractivity contribution in [2.75, 3.05) is 33.3 Å². The second-order valence-corrected chi connectivity index (χ2v) is 6.89. The van der Waals surface area contributed by atoms with Crippen LogP contribution in [0.1, 0.15) is 47.0 Å². The van der Waals surface area contributed by atoms with Gasteiger partial charge in [0.1, 0.15) is 6.04 Å². The van der Waals surface area contributed by atoms with Gasteiger partial charge >= 0.3 is 5.97 Å². The van der Waals surface area contributed by atoms with E-state index in [2.05, 4.69) is 31.0 Å². The number of rotatable bonds is 5. The zero-order valence-electron chi connectivity index (χ0n) is 13.9. The van der Waals surface area contributed by atoms with E-state index in [1.165, 1.54) is 19.3 Å². The molecule has 0 aromatic heterocycles. The van der Waals surface area contributed by atoms with Gasteiger partial charge in [-0.2, -0.15) is 0 Å². The third kappa shape index (κ3) is 5.41. The van der Waals surface area contributed by atoms with Crippen LogP contribution >= 0.6 is 0 Å². The van der Waals surface area contributed by atoms with Gasteiger partial charge in [0.15, 0.2) is 0 Å². The lowest BCUT2D eigenvalue weighted by atomic mass is 9.77. The monoisotopic (exact) mass is 284 g/mol. The van der Waals surface area contributed by atoms with Gasteiger partial charge in [0, 0.05) is 6.54 Å². The number of carbonyl (C=O) groups is 1. The van der Waals surface area contributed by atoms with E-state index in [0.717, 1.165) is 25.6 Å². The molecule has 0 aromatic carbocycles. The van der Waals surface area contributed by atoms with Gasteiger partial charge in [-0.05, 0) is 57.7 Å². The molecule has 118 valence electrons. The van der Waals surface area contributed by atoms with Gasteiger partial charge in [0.05, 0.1) is 6.61 Å². The van der Waals surface area contributed by atoms with Crippen molar-refractivity contribution in [3.63, 3.8) is 0 Å². The normalized spacial score (nSPS) is 23.1. The summed E-state index contributed by atoms with van der Waals surface area (Å²) in [5.74, 6) is 0.648. The number of hydrogen-bond donors (Lipinski definition) is 1. The van der Waals surface area contributed by atoms with Crippen LogP contribution in [-0.2, 0) is 9.53 Å². The molecule has 1 aliphatic heterocycles. The van der Waals surface area contributed by atoms with Crippen LogP contribution in [0.4, 0.5) is 0 Å². The van der Waals surface area contributed by atoms with Crippen LogP contribution in [0.25, 0.3) is 0 Å². The average molecular weight is 284 g/mol. The van der Waals surface area contributed by atoms with Crippen molar-refractivity contribution in [2.45, 2.75) is 53.0 Å². The standard InChI is InChI=1S/C16H32N2O2/c1-6-20-15(19)14(17-5)12-18-10-7-8-13(9-11-18)16(2,3)4/h13-14,17H,6-12H2,1-5H3. The molecule has 20 heavy (non-hydrogen) atoms. The number of hydrogen-bond acceptors (Lipinski definition) is 4. The van der Waals surface area contributed by atoms with Crippen molar-refractivity contribution in [3.05, 3.63) is 0 Å². The number of esters is 1. The second kappa shape index (κ2) is 7.99. The van der Waals surface area contributed by atoms with Crippen LogP contribution < -0.4 is 5.32 Å². The van der Waals surface area contributed by atoms with E-state index in [1.807, 2.05) is 14.0 Å². The van der Waals surface area contributed by atoms with Gasteiger partial charge in [-0.25, -0.2) is 0 Å². The van der Waals surface area contributed by atoms with Crippen molar-refractivity contribution in [1.82, 2.24) is 10.2 Å². The van der Waals surface area contributed by atoms with Gasteiger partial charge in [0.25, 0.3) is 0 Å². The maximum atomic E-state index is 11.8. The zero-order valence-corrected chi connectivity index (χ0v) is 13.9.